The number of carbonyl (C=O) groups excluding carboxylic acids is 1. The van der Waals surface area contributed by atoms with E-state index in [2.05, 4.69) is 5.32 Å². The molecule has 1 aromatic heterocycles. The number of nitrogens with zero attached hydrogens (tertiary/aromatic N) is 1. The van der Waals surface area contributed by atoms with E-state index in [1.165, 1.54) is 26.2 Å². The fourth-order valence-corrected chi connectivity index (χ4v) is 2.39. The Labute approximate surface area is 125 Å². The molecule has 0 aliphatic heterocycles. The molecule has 0 spiro atoms. The van der Waals surface area contributed by atoms with Crippen LogP contribution in [0.25, 0.3) is 0 Å². The Morgan fingerprint density at radius 2 is 1.90 bits per heavy atom. The zero-order chi connectivity index (χ0) is 16.3. The van der Waals surface area contributed by atoms with Crippen molar-refractivity contribution in [1.29, 1.82) is 0 Å². The summed E-state index contributed by atoms with van der Waals surface area (Å²) in [4.78, 5) is 11.9. The Bertz CT molecular complexity index is 587. The molecule has 1 rings (SSSR count). The van der Waals surface area contributed by atoms with Crippen molar-refractivity contribution < 1.29 is 22.7 Å². The van der Waals surface area contributed by atoms with Gasteiger partial charge in [-0.1, -0.05) is 13.8 Å². The predicted molar refractivity (Wildman–Crippen MR) is 77.4 cm³/mol. The van der Waals surface area contributed by atoms with Crippen LogP contribution < -0.4 is 5.32 Å². The van der Waals surface area contributed by atoms with Crippen molar-refractivity contribution in [1.82, 2.24) is 9.62 Å². The molecule has 0 aliphatic rings. The molecule has 120 valence electrons. The largest absolute Gasteiger partial charge is 0.438 e. The summed E-state index contributed by atoms with van der Waals surface area (Å²) in [7, 11) is -0.955. The van der Waals surface area contributed by atoms with Crippen LogP contribution in [-0.4, -0.2) is 50.0 Å². The molecule has 0 aromatic carbocycles. The minimum absolute atomic E-state index is 0.0787. The van der Waals surface area contributed by atoms with E-state index in [1.54, 1.807) is 0 Å². The number of carbonyl (C=O) groups is 1. The SMILES string of the molecule is CCC(O)(CC)CNC(=O)c1ccc(S(=O)(=O)N(C)C)o1. The highest BCUT2D eigenvalue weighted by atomic mass is 32.2. The van der Waals surface area contributed by atoms with Crippen molar-refractivity contribution in [3.8, 4) is 0 Å². The van der Waals surface area contributed by atoms with Crippen LogP contribution >= 0.6 is 0 Å². The van der Waals surface area contributed by atoms with E-state index >= 15 is 0 Å². The maximum absolute atomic E-state index is 11.9. The van der Waals surface area contributed by atoms with Gasteiger partial charge in [-0.3, -0.25) is 4.79 Å². The summed E-state index contributed by atoms with van der Waals surface area (Å²) < 4.78 is 29.8. The molecule has 21 heavy (non-hydrogen) atoms. The van der Waals surface area contributed by atoms with Gasteiger partial charge in [-0.15, -0.1) is 0 Å². The van der Waals surface area contributed by atoms with Gasteiger partial charge in [0.1, 0.15) is 0 Å². The maximum atomic E-state index is 11.9. The van der Waals surface area contributed by atoms with Gasteiger partial charge in [0.2, 0.25) is 5.09 Å². The third kappa shape index (κ3) is 4.05. The van der Waals surface area contributed by atoms with E-state index in [0.29, 0.717) is 12.8 Å². The van der Waals surface area contributed by atoms with Gasteiger partial charge < -0.3 is 14.8 Å². The zero-order valence-electron chi connectivity index (χ0n) is 12.7. The summed E-state index contributed by atoms with van der Waals surface area (Å²) in [6.07, 6.45) is 1.00. The lowest BCUT2D eigenvalue weighted by atomic mass is 9.98. The quantitative estimate of drug-likeness (QED) is 0.775. The lowest BCUT2D eigenvalue weighted by Crippen LogP contribution is -2.41. The third-order valence-electron chi connectivity index (χ3n) is 3.43. The molecule has 0 saturated heterocycles. The number of sulfonamides is 1. The Kier molecular flexibility index (Phi) is 5.54. The number of amides is 1. The first kappa shape index (κ1) is 17.7. The second kappa shape index (κ2) is 6.59. The van der Waals surface area contributed by atoms with Crippen LogP contribution in [0.3, 0.4) is 0 Å². The molecule has 1 heterocycles. The molecule has 0 saturated carbocycles. The molecule has 2 N–H and O–H groups in total. The van der Waals surface area contributed by atoms with E-state index < -0.39 is 21.5 Å². The van der Waals surface area contributed by atoms with Gasteiger partial charge in [-0.25, -0.2) is 12.7 Å². The van der Waals surface area contributed by atoms with E-state index in [4.69, 9.17) is 4.42 Å². The fraction of sp³-hybridized carbons (Fsp3) is 0.615. The van der Waals surface area contributed by atoms with E-state index in [0.717, 1.165) is 4.31 Å². The number of nitrogens with one attached hydrogen (secondary N) is 1. The molecule has 1 amide bonds. The normalized spacial score (nSPS) is 12.7. The molecule has 0 fully saturated rings. The van der Waals surface area contributed by atoms with Crippen LogP contribution in [0, 0.1) is 0 Å². The van der Waals surface area contributed by atoms with Crippen molar-refractivity contribution in [3.05, 3.63) is 17.9 Å². The highest BCUT2D eigenvalue weighted by molar-refractivity contribution is 7.88. The van der Waals surface area contributed by atoms with Gasteiger partial charge in [0, 0.05) is 20.6 Å². The van der Waals surface area contributed by atoms with Gasteiger partial charge in [0.25, 0.3) is 15.9 Å². The van der Waals surface area contributed by atoms with Crippen LogP contribution in [0.15, 0.2) is 21.6 Å². The van der Waals surface area contributed by atoms with Crippen molar-refractivity contribution >= 4 is 15.9 Å². The first-order valence-electron chi connectivity index (χ1n) is 6.69. The Balaban J connectivity index is 2.80. The Morgan fingerprint density at radius 1 is 1.33 bits per heavy atom. The van der Waals surface area contributed by atoms with Crippen LogP contribution in [0.1, 0.15) is 37.2 Å². The number of hydrogen-bond donors (Lipinski definition) is 2. The van der Waals surface area contributed by atoms with E-state index in [-0.39, 0.29) is 17.4 Å². The molecule has 0 radical (unpaired) electrons. The summed E-state index contributed by atoms with van der Waals surface area (Å²) in [5.74, 6) is -0.666. The second-order valence-electron chi connectivity index (χ2n) is 5.02. The molecule has 8 heteroatoms. The van der Waals surface area contributed by atoms with Crippen molar-refractivity contribution in [2.45, 2.75) is 37.4 Å². The van der Waals surface area contributed by atoms with Crippen molar-refractivity contribution in [2.75, 3.05) is 20.6 Å². The van der Waals surface area contributed by atoms with Crippen molar-refractivity contribution in [3.63, 3.8) is 0 Å². The summed E-state index contributed by atoms with van der Waals surface area (Å²) >= 11 is 0. The summed E-state index contributed by atoms with van der Waals surface area (Å²) in [6.45, 7) is 3.73. The van der Waals surface area contributed by atoms with Gasteiger partial charge in [0.15, 0.2) is 5.76 Å². The number of hydrogen-bond acceptors (Lipinski definition) is 5. The van der Waals surface area contributed by atoms with Crippen LogP contribution in [-0.2, 0) is 10.0 Å². The molecule has 0 bridgehead atoms. The van der Waals surface area contributed by atoms with Gasteiger partial charge >= 0.3 is 0 Å². The minimum atomic E-state index is -3.70. The third-order valence-corrected chi connectivity index (χ3v) is 5.12. The summed E-state index contributed by atoms with van der Waals surface area (Å²) in [5, 5.41) is 12.3. The van der Waals surface area contributed by atoms with Gasteiger partial charge in [-0.2, -0.15) is 0 Å². The standard InChI is InChI=1S/C13H22N2O5S/c1-5-13(17,6-2)9-14-12(16)10-7-8-11(20-10)21(18,19)15(3)4/h7-8,17H,5-6,9H2,1-4H3,(H,14,16). The second-order valence-corrected chi connectivity index (χ2v) is 7.10. The fourth-order valence-electron chi connectivity index (χ4n) is 1.59. The Morgan fingerprint density at radius 3 is 2.38 bits per heavy atom. The first-order valence-corrected chi connectivity index (χ1v) is 8.13. The monoisotopic (exact) mass is 318 g/mol. The smallest absolute Gasteiger partial charge is 0.287 e. The number of rotatable bonds is 7. The average Bonchev–Trinajstić information content (AvgIpc) is 2.94. The topological polar surface area (TPSA) is 99.8 Å². The van der Waals surface area contributed by atoms with Gasteiger partial charge in [0.05, 0.1) is 5.60 Å². The van der Waals surface area contributed by atoms with Crippen LogP contribution in [0.2, 0.25) is 0 Å². The molecular weight excluding hydrogens is 296 g/mol. The average molecular weight is 318 g/mol. The molecular formula is C13H22N2O5S. The van der Waals surface area contributed by atoms with Crippen LogP contribution in [0.4, 0.5) is 0 Å². The highest BCUT2D eigenvalue weighted by Crippen LogP contribution is 2.17. The molecule has 7 nitrogen and oxygen atoms in total. The summed E-state index contributed by atoms with van der Waals surface area (Å²) in [6, 6.07) is 2.53. The Hall–Kier alpha value is -1.38. The molecule has 0 atom stereocenters. The van der Waals surface area contributed by atoms with E-state index in [9.17, 15) is 18.3 Å². The lowest BCUT2D eigenvalue weighted by Gasteiger charge is -2.24. The first-order chi connectivity index (χ1) is 9.66. The molecule has 1 aromatic rings. The molecule has 0 unspecified atom stereocenters. The highest BCUT2D eigenvalue weighted by Gasteiger charge is 2.26. The maximum Gasteiger partial charge on any atom is 0.287 e. The molecule has 0 aliphatic carbocycles. The van der Waals surface area contributed by atoms with Crippen LogP contribution in [0.5, 0.6) is 0 Å². The van der Waals surface area contributed by atoms with Gasteiger partial charge in [-0.05, 0) is 25.0 Å². The van der Waals surface area contributed by atoms with Crippen molar-refractivity contribution in [2.24, 2.45) is 0 Å². The summed E-state index contributed by atoms with van der Waals surface area (Å²) in [5.41, 5.74) is -0.971. The predicted octanol–water partition coefficient (Wildman–Crippen LogP) is 0.811. The minimum Gasteiger partial charge on any atom is -0.438 e. The zero-order valence-corrected chi connectivity index (χ0v) is 13.5. The lowest BCUT2D eigenvalue weighted by molar-refractivity contribution is 0.0309. The number of aliphatic hydroxyl groups is 1. The van der Waals surface area contributed by atoms with E-state index in [1.807, 2.05) is 13.8 Å². The number of furan rings is 1.